The molecule has 1 saturated carbocycles. The summed E-state index contributed by atoms with van der Waals surface area (Å²) in [5, 5.41) is 11.9. The number of carbonyl (C=O) groups excluding carboxylic acids is 1. The zero-order valence-corrected chi connectivity index (χ0v) is 27.8. The minimum absolute atomic E-state index is 0. The number of rotatable bonds is 14. The molecule has 1 fully saturated rings. The number of aliphatic hydroxyl groups excluding tert-OH is 1. The van der Waals surface area contributed by atoms with Gasteiger partial charge in [-0.15, -0.1) is 22.9 Å². The van der Waals surface area contributed by atoms with Gasteiger partial charge >= 0.3 is 5.97 Å². The van der Waals surface area contributed by atoms with Crippen molar-refractivity contribution in [3.8, 4) is 0 Å². The number of hydrogen-bond donors (Lipinski definition) is 1. The number of nitrogens with zero attached hydrogens (tertiary/aromatic N) is 1. The Kier molecular flexibility index (Phi) is 14.7. The molecule has 2 aromatic rings. The molecule has 1 aliphatic carbocycles. The van der Waals surface area contributed by atoms with Crippen LogP contribution in [0.25, 0.3) is 0 Å². The van der Waals surface area contributed by atoms with E-state index in [1.54, 1.807) is 6.07 Å². The maximum absolute atomic E-state index is 12.5. The van der Waals surface area contributed by atoms with Crippen LogP contribution in [-0.4, -0.2) is 60.3 Å². The minimum Gasteiger partial charge on any atom is -1.00 e. The van der Waals surface area contributed by atoms with Crippen molar-refractivity contribution >= 4 is 52.1 Å². The summed E-state index contributed by atoms with van der Waals surface area (Å²) in [5.41, 5.74) is 1.09. The van der Waals surface area contributed by atoms with Crippen LogP contribution in [0.4, 0.5) is 0 Å². The van der Waals surface area contributed by atoms with Crippen LogP contribution >= 0.6 is 46.1 Å². The summed E-state index contributed by atoms with van der Waals surface area (Å²) in [4.78, 5) is 14.3. The van der Waals surface area contributed by atoms with Crippen LogP contribution in [0.1, 0.15) is 66.1 Å². The molecular weight excluding hydrogens is 676 g/mol. The number of quaternary nitrogens is 1. The number of aryl methyl sites for hydroxylation is 2. The van der Waals surface area contributed by atoms with Crippen LogP contribution in [0, 0.1) is 11.8 Å². The third kappa shape index (κ3) is 10.1. The highest BCUT2D eigenvalue weighted by Gasteiger charge is 2.40. The molecule has 38 heavy (non-hydrogen) atoms. The van der Waals surface area contributed by atoms with Gasteiger partial charge in [-0.3, -0.25) is 0 Å². The average molecular weight is 717 g/mol. The van der Waals surface area contributed by atoms with Gasteiger partial charge in [0.1, 0.15) is 4.88 Å². The summed E-state index contributed by atoms with van der Waals surface area (Å²) in [6, 6.07) is 9.52. The van der Waals surface area contributed by atoms with Crippen LogP contribution in [-0.2, 0) is 17.6 Å². The van der Waals surface area contributed by atoms with E-state index in [0.717, 1.165) is 68.2 Å². The summed E-state index contributed by atoms with van der Waals surface area (Å²) in [6.07, 6.45) is 5.62. The zero-order valence-electron chi connectivity index (χ0n) is 22.6. The van der Waals surface area contributed by atoms with Gasteiger partial charge in [-0.25, -0.2) is 4.79 Å². The molecule has 214 valence electrons. The number of benzene rings is 1. The van der Waals surface area contributed by atoms with Crippen molar-refractivity contribution in [3.63, 3.8) is 0 Å². The first-order valence-corrected chi connectivity index (χ1v) is 15.5. The van der Waals surface area contributed by atoms with E-state index in [1.807, 2.05) is 24.3 Å². The summed E-state index contributed by atoms with van der Waals surface area (Å²) in [6.45, 7) is 8.04. The van der Waals surface area contributed by atoms with Crippen molar-refractivity contribution in [1.82, 2.24) is 0 Å². The molecule has 1 heterocycles. The van der Waals surface area contributed by atoms with E-state index in [2.05, 4.69) is 20.9 Å². The first-order valence-electron chi connectivity index (χ1n) is 13.5. The number of alkyl halides is 1. The lowest BCUT2D eigenvalue weighted by Crippen LogP contribution is -3.00. The summed E-state index contributed by atoms with van der Waals surface area (Å²) < 4.78 is 6.53. The van der Waals surface area contributed by atoms with E-state index >= 15 is 0 Å². The molecule has 0 aliphatic heterocycles. The molecule has 0 radical (unpaired) electrons. The van der Waals surface area contributed by atoms with E-state index < -0.39 is 0 Å². The molecule has 1 aliphatic rings. The fraction of sp³-hybridized carbons (Fsp3) is 0.621. The second-order valence-electron chi connectivity index (χ2n) is 10.6. The second-order valence-corrected chi connectivity index (χ2v) is 13.2. The molecule has 1 aromatic carbocycles. The van der Waals surface area contributed by atoms with Crippen LogP contribution in [0.15, 0.2) is 30.3 Å². The zero-order chi connectivity index (χ0) is 27.0. The Labute approximate surface area is 264 Å². The van der Waals surface area contributed by atoms with Crippen molar-refractivity contribution in [2.24, 2.45) is 11.8 Å². The third-order valence-electron chi connectivity index (χ3n) is 8.09. The molecule has 0 amide bonds. The molecule has 0 spiro atoms. The van der Waals surface area contributed by atoms with E-state index in [9.17, 15) is 9.90 Å². The van der Waals surface area contributed by atoms with Gasteiger partial charge in [0.2, 0.25) is 0 Å². The lowest BCUT2D eigenvalue weighted by atomic mass is 9.85. The van der Waals surface area contributed by atoms with Crippen molar-refractivity contribution < 1.29 is 43.1 Å². The maximum atomic E-state index is 12.5. The Morgan fingerprint density at radius 3 is 2.39 bits per heavy atom. The highest BCUT2D eigenvalue weighted by molar-refractivity contribution is 7.13. The van der Waals surface area contributed by atoms with Crippen molar-refractivity contribution in [3.05, 3.63) is 55.7 Å². The molecule has 0 bridgehead atoms. The molecule has 4 atom stereocenters. The normalized spacial score (nSPS) is 21.3. The van der Waals surface area contributed by atoms with Gasteiger partial charge in [0.15, 0.2) is 0 Å². The van der Waals surface area contributed by atoms with Crippen LogP contribution < -0.4 is 24.0 Å². The monoisotopic (exact) mass is 715 g/mol. The van der Waals surface area contributed by atoms with E-state index in [0.29, 0.717) is 28.0 Å². The Hall–Kier alpha value is -0.0900. The van der Waals surface area contributed by atoms with Gasteiger partial charge in [0.25, 0.3) is 0 Å². The highest BCUT2D eigenvalue weighted by atomic mass is 127. The average Bonchev–Trinajstić information content (AvgIpc) is 3.43. The molecule has 0 saturated heterocycles. The second kappa shape index (κ2) is 16.4. The SMILES string of the molecule is CC[N+](C)(CC)CCCOC(=O)c1ccc(CCC[C@@H]2[C@@H](CCc3cc(Cl)cc(Cl)c3)[C@H](O)C[C@H]2Cl)s1.[I-]. The molecule has 1 N–H and O–H groups in total. The molecule has 3 rings (SSSR count). The van der Waals surface area contributed by atoms with E-state index in [4.69, 9.17) is 39.5 Å². The molecule has 1 aromatic heterocycles. The Bertz CT molecular complexity index is 996. The van der Waals surface area contributed by atoms with Gasteiger partial charge in [0.05, 0.1) is 39.4 Å². The maximum Gasteiger partial charge on any atom is 0.348 e. The van der Waals surface area contributed by atoms with Gasteiger partial charge in [-0.1, -0.05) is 23.2 Å². The number of halogens is 4. The molecular formula is C29H41Cl3INO3S. The number of hydrogen-bond acceptors (Lipinski definition) is 4. The molecule has 9 heteroatoms. The van der Waals surface area contributed by atoms with Gasteiger partial charge in [-0.05, 0) is 100 Å². The molecule has 0 unspecified atom stereocenters. The third-order valence-corrected chi connectivity index (χ3v) is 10.2. The lowest BCUT2D eigenvalue weighted by molar-refractivity contribution is -0.906. The van der Waals surface area contributed by atoms with Crippen molar-refractivity contribution in [2.75, 3.05) is 33.3 Å². The Morgan fingerprint density at radius 2 is 1.74 bits per heavy atom. The standard InChI is InChI=1S/C29H41Cl3NO3S.HI/c1-4-33(3,5-2)14-7-15-36-29(35)28-13-11-23(37-28)8-6-9-24-25(27(34)19-26(24)32)12-10-20-16-21(30)18-22(31)17-20;/h11,13,16-18,24-27,34H,4-10,12,14-15,19H2,1-3H3;1H/q+1;/p-1/t24-,25-,26-,27-;/m1./s1. The smallest absolute Gasteiger partial charge is 0.348 e. The fourth-order valence-electron chi connectivity index (χ4n) is 5.38. The molecule has 4 nitrogen and oxygen atoms in total. The van der Waals surface area contributed by atoms with Crippen LogP contribution in [0.2, 0.25) is 10.0 Å². The predicted octanol–water partition coefficient (Wildman–Crippen LogP) is 4.65. The van der Waals surface area contributed by atoms with Gasteiger partial charge in [0, 0.05) is 26.7 Å². The summed E-state index contributed by atoms with van der Waals surface area (Å²) in [7, 11) is 2.24. The fourth-order valence-corrected chi connectivity index (χ4v) is 7.39. The van der Waals surface area contributed by atoms with Crippen LogP contribution in [0.3, 0.4) is 0 Å². The highest BCUT2D eigenvalue weighted by Crippen LogP contribution is 2.42. The first kappa shape index (κ1) is 34.1. The quantitative estimate of drug-likeness (QED) is 0.102. The van der Waals surface area contributed by atoms with E-state index in [1.165, 1.54) is 16.2 Å². The number of thiophene rings is 1. The number of ether oxygens (including phenoxy) is 1. The Balaban J connectivity index is 0.00000507. The minimum atomic E-state index is -0.378. The largest absolute Gasteiger partial charge is 1.00 e. The predicted molar refractivity (Wildman–Crippen MR) is 156 cm³/mol. The number of carbonyl (C=O) groups is 1. The lowest BCUT2D eigenvalue weighted by Gasteiger charge is -2.31. The number of aliphatic hydroxyl groups is 1. The Morgan fingerprint density at radius 1 is 1.05 bits per heavy atom. The summed E-state index contributed by atoms with van der Waals surface area (Å²) in [5.74, 6) is 0.209. The number of esters is 1. The van der Waals surface area contributed by atoms with Crippen LogP contribution in [0.5, 0.6) is 0 Å². The topological polar surface area (TPSA) is 46.5 Å². The first-order chi connectivity index (χ1) is 17.6. The van der Waals surface area contributed by atoms with Crippen molar-refractivity contribution in [2.45, 2.75) is 70.3 Å². The van der Waals surface area contributed by atoms with Gasteiger partial charge in [-0.2, -0.15) is 0 Å². The van der Waals surface area contributed by atoms with Crippen molar-refractivity contribution in [1.29, 1.82) is 0 Å². The van der Waals surface area contributed by atoms with E-state index in [-0.39, 0.29) is 53.3 Å². The van der Waals surface area contributed by atoms with Gasteiger partial charge < -0.3 is 38.3 Å². The summed E-state index contributed by atoms with van der Waals surface area (Å²) >= 11 is 20.5.